The van der Waals surface area contributed by atoms with Crippen molar-refractivity contribution in [2.45, 2.75) is 77.6 Å². The quantitative estimate of drug-likeness (QED) is 0.541. The predicted molar refractivity (Wildman–Crippen MR) is 133 cm³/mol. The molecule has 0 saturated carbocycles. The van der Waals surface area contributed by atoms with Crippen molar-refractivity contribution in [3.8, 4) is 11.3 Å². The first kappa shape index (κ1) is 22.8. The number of nitrogens with zero attached hydrogens (tertiary/aromatic N) is 5. The highest BCUT2D eigenvalue weighted by Crippen LogP contribution is 2.33. The van der Waals surface area contributed by atoms with Gasteiger partial charge in [0.05, 0.1) is 11.4 Å². The van der Waals surface area contributed by atoms with E-state index < -0.39 is 5.60 Å². The maximum atomic E-state index is 12.8. The summed E-state index contributed by atoms with van der Waals surface area (Å²) in [5, 5.41) is 0. The van der Waals surface area contributed by atoms with Crippen molar-refractivity contribution in [2.75, 3.05) is 13.1 Å². The van der Waals surface area contributed by atoms with E-state index in [-0.39, 0.29) is 12.1 Å². The monoisotopic (exact) mass is 461 g/mol. The van der Waals surface area contributed by atoms with E-state index in [0.29, 0.717) is 12.0 Å². The van der Waals surface area contributed by atoms with Gasteiger partial charge in [-0.05, 0) is 63.8 Å². The van der Waals surface area contributed by atoms with E-state index in [1.54, 1.807) is 0 Å². The Morgan fingerprint density at radius 2 is 1.91 bits per heavy atom. The fourth-order valence-electron chi connectivity index (χ4n) is 5.16. The van der Waals surface area contributed by atoms with Crippen molar-refractivity contribution in [1.82, 2.24) is 24.2 Å². The number of carbonyl (C=O) groups is 1. The SMILES string of the molecule is CC(C)c1ccc(-c2nc3ccccn3c2CN2CC3CCC2CN3C(=O)OC(C)(C)C)cn1. The molecule has 34 heavy (non-hydrogen) atoms. The summed E-state index contributed by atoms with van der Waals surface area (Å²) >= 11 is 0. The highest BCUT2D eigenvalue weighted by atomic mass is 16.6. The molecule has 7 nitrogen and oxygen atoms in total. The van der Waals surface area contributed by atoms with E-state index in [9.17, 15) is 4.79 Å². The lowest BCUT2D eigenvalue weighted by Gasteiger charge is -2.51. The fourth-order valence-corrected chi connectivity index (χ4v) is 5.16. The van der Waals surface area contributed by atoms with Crippen molar-refractivity contribution in [3.05, 3.63) is 54.1 Å². The molecule has 0 radical (unpaired) electrons. The molecule has 180 valence electrons. The number of fused-ring (bicyclic) bond motifs is 4. The average Bonchev–Trinajstić information content (AvgIpc) is 3.17. The Kier molecular flexibility index (Phi) is 5.84. The number of pyridine rings is 2. The predicted octanol–water partition coefficient (Wildman–Crippen LogP) is 5.10. The molecule has 3 aliphatic heterocycles. The number of rotatable bonds is 4. The van der Waals surface area contributed by atoms with Crippen molar-refractivity contribution in [2.24, 2.45) is 0 Å². The van der Waals surface area contributed by atoms with Gasteiger partial charge >= 0.3 is 6.09 Å². The van der Waals surface area contributed by atoms with Gasteiger partial charge in [-0.1, -0.05) is 19.9 Å². The van der Waals surface area contributed by atoms with Gasteiger partial charge in [-0.3, -0.25) is 9.88 Å². The number of carbonyl (C=O) groups excluding carboxylic acids is 1. The van der Waals surface area contributed by atoms with Crippen LogP contribution in [0.5, 0.6) is 0 Å². The van der Waals surface area contributed by atoms with Crippen LogP contribution in [0.3, 0.4) is 0 Å². The molecule has 3 aliphatic rings. The molecule has 2 bridgehead atoms. The molecular weight excluding hydrogens is 426 g/mol. The lowest BCUT2D eigenvalue weighted by molar-refractivity contribution is -0.0439. The van der Waals surface area contributed by atoms with Crippen molar-refractivity contribution < 1.29 is 9.53 Å². The number of ether oxygens (including phenoxy) is 1. The molecule has 0 aromatic carbocycles. The van der Waals surface area contributed by atoms with Crippen LogP contribution in [-0.2, 0) is 11.3 Å². The molecule has 0 N–H and O–H groups in total. The molecule has 6 rings (SSSR count). The zero-order chi connectivity index (χ0) is 24.0. The number of hydrogen-bond donors (Lipinski definition) is 0. The molecule has 3 aromatic heterocycles. The third-order valence-corrected chi connectivity index (χ3v) is 6.90. The molecule has 2 atom stereocenters. The van der Waals surface area contributed by atoms with Crippen molar-refractivity contribution in [3.63, 3.8) is 0 Å². The van der Waals surface area contributed by atoms with Gasteiger partial charge in [0.1, 0.15) is 11.2 Å². The average molecular weight is 462 g/mol. The number of hydrogen-bond acceptors (Lipinski definition) is 5. The minimum absolute atomic E-state index is 0.186. The van der Waals surface area contributed by atoms with Gasteiger partial charge in [-0.25, -0.2) is 9.78 Å². The summed E-state index contributed by atoms with van der Waals surface area (Å²) in [7, 11) is 0. The molecule has 2 unspecified atom stereocenters. The molecule has 3 aromatic rings. The maximum absolute atomic E-state index is 12.8. The lowest BCUT2D eigenvalue weighted by Crippen LogP contribution is -2.64. The third-order valence-electron chi connectivity index (χ3n) is 6.90. The second kappa shape index (κ2) is 8.69. The fraction of sp³-hybridized carbons (Fsp3) is 0.519. The number of imidazole rings is 1. The van der Waals surface area contributed by atoms with E-state index in [0.717, 1.165) is 55.1 Å². The second-order valence-corrected chi connectivity index (χ2v) is 10.9. The Bertz CT molecular complexity index is 1180. The van der Waals surface area contributed by atoms with Crippen LogP contribution in [0.25, 0.3) is 16.9 Å². The van der Waals surface area contributed by atoms with E-state index in [2.05, 4.69) is 58.6 Å². The summed E-state index contributed by atoms with van der Waals surface area (Å²) < 4.78 is 7.87. The minimum atomic E-state index is -0.474. The summed E-state index contributed by atoms with van der Waals surface area (Å²) in [6, 6.07) is 10.9. The molecule has 3 saturated heterocycles. The lowest BCUT2D eigenvalue weighted by atomic mass is 9.91. The van der Waals surface area contributed by atoms with E-state index in [1.165, 1.54) is 5.69 Å². The topological polar surface area (TPSA) is 63.0 Å². The van der Waals surface area contributed by atoms with Gasteiger partial charge in [0, 0.05) is 55.4 Å². The Balaban J connectivity index is 1.41. The molecule has 3 fully saturated rings. The first-order valence-electron chi connectivity index (χ1n) is 12.4. The highest BCUT2D eigenvalue weighted by molar-refractivity contribution is 5.69. The van der Waals surface area contributed by atoms with E-state index >= 15 is 0 Å². The second-order valence-electron chi connectivity index (χ2n) is 10.9. The van der Waals surface area contributed by atoms with Crippen LogP contribution in [-0.4, -0.2) is 61.0 Å². The standard InChI is InChI=1S/C27H35N5O2/c1-18(2)22-12-9-19(14-28-22)25-23(31-13-7-6-8-24(31)29-25)17-30-15-21-11-10-20(30)16-32(21)26(33)34-27(3,4)5/h6-9,12-14,18,20-21H,10-11,15-17H2,1-5H3. The van der Waals surface area contributed by atoms with Gasteiger partial charge in [-0.15, -0.1) is 0 Å². The third kappa shape index (κ3) is 4.41. The molecule has 1 amide bonds. The molecule has 6 heterocycles. The zero-order valence-electron chi connectivity index (χ0n) is 20.9. The first-order chi connectivity index (χ1) is 16.2. The van der Waals surface area contributed by atoms with Gasteiger partial charge in [-0.2, -0.15) is 0 Å². The van der Waals surface area contributed by atoms with Crippen LogP contribution in [0.15, 0.2) is 42.7 Å². The molecule has 0 aliphatic carbocycles. The van der Waals surface area contributed by atoms with E-state index in [1.807, 2.05) is 37.9 Å². The van der Waals surface area contributed by atoms with Crippen LogP contribution in [0.4, 0.5) is 4.79 Å². The van der Waals surface area contributed by atoms with Crippen molar-refractivity contribution >= 4 is 11.7 Å². The van der Waals surface area contributed by atoms with Crippen LogP contribution in [0, 0.1) is 0 Å². The molecule has 0 spiro atoms. The summed E-state index contributed by atoms with van der Waals surface area (Å²) in [5.74, 6) is 0.395. The van der Waals surface area contributed by atoms with Gasteiger partial charge in [0.25, 0.3) is 0 Å². The Labute approximate surface area is 201 Å². The number of aromatic nitrogens is 3. The van der Waals surface area contributed by atoms with Crippen LogP contribution < -0.4 is 0 Å². The first-order valence-corrected chi connectivity index (χ1v) is 12.4. The van der Waals surface area contributed by atoms with Gasteiger partial charge in [0.15, 0.2) is 0 Å². The Morgan fingerprint density at radius 3 is 2.56 bits per heavy atom. The number of amides is 1. The van der Waals surface area contributed by atoms with Gasteiger partial charge < -0.3 is 14.0 Å². The smallest absolute Gasteiger partial charge is 0.410 e. The Hall–Kier alpha value is -2.93. The van der Waals surface area contributed by atoms with Crippen LogP contribution >= 0.6 is 0 Å². The summed E-state index contributed by atoms with van der Waals surface area (Å²) in [4.78, 5) is 26.9. The van der Waals surface area contributed by atoms with E-state index in [4.69, 9.17) is 9.72 Å². The summed E-state index contributed by atoms with van der Waals surface area (Å²) in [6.45, 7) is 12.4. The highest BCUT2D eigenvalue weighted by Gasteiger charge is 2.42. The maximum Gasteiger partial charge on any atom is 0.410 e. The van der Waals surface area contributed by atoms with Crippen LogP contribution in [0.2, 0.25) is 0 Å². The number of piperidine rings is 2. The Morgan fingerprint density at radius 1 is 1.12 bits per heavy atom. The summed E-state index contributed by atoms with van der Waals surface area (Å²) in [5.41, 5.74) is 4.76. The molecular formula is C27H35N5O2. The molecule has 7 heteroatoms. The summed E-state index contributed by atoms with van der Waals surface area (Å²) in [6.07, 6.45) is 5.98. The normalized spacial score (nSPS) is 20.9. The zero-order valence-corrected chi connectivity index (χ0v) is 20.9. The number of piperazine rings is 1. The largest absolute Gasteiger partial charge is 0.444 e. The van der Waals surface area contributed by atoms with Crippen LogP contribution in [0.1, 0.15) is 64.8 Å². The minimum Gasteiger partial charge on any atom is -0.444 e. The van der Waals surface area contributed by atoms with Crippen molar-refractivity contribution in [1.29, 1.82) is 0 Å². The van der Waals surface area contributed by atoms with Gasteiger partial charge in [0.2, 0.25) is 0 Å².